The van der Waals surface area contributed by atoms with Crippen molar-refractivity contribution in [1.82, 2.24) is 0 Å². The summed E-state index contributed by atoms with van der Waals surface area (Å²) in [5, 5.41) is 3.78. The van der Waals surface area contributed by atoms with Gasteiger partial charge in [0.2, 0.25) is 0 Å². The topological polar surface area (TPSA) is 17.1 Å². The van der Waals surface area contributed by atoms with Crippen molar-refractivity contribution in [3.05, 3.63) is 17.7 Å². The van der Waals surface area contributed by atoms with Crippen LogP contribution in [-0.4, -0.2) is 23.7 Å². The summed E-state index contributed by atoms with van der Waals surface area (Å²) in [5.41, 5.74) is 0.874. The number of hydrogen-bond donors (Lipinski definition) is 0. The molecule has 3 unspecified atom stereocenters. The summed E-state index contributed by atoms with van der Waals surface area (Å²) in [4.78, 5) is 12.6. The summed E-state index contributed by atoms with van der Waals surface area (Å²) in [7, 11) is 2.29. The van der Waals surface area contributed by atoms with Gasteiger partial charge in [-0.15, -0.1) is 0 Å². The van der Waals surface area contributed by atoms with E-state index in [1.54, 1.807) is 0 Å². The van der Waals surface area contributed by atoms with Crippen LogP contribution in [0.2, 0.25) is 0 Å². The molecule has 0 aliphatic carbocycles. The molecule has 0 fully saturated rings. The Bertz CT molecular complexity index is 641. The Morgan fingerprint density at radius 3 is 1.25 bits per heavy atom. The second kappa shape index (κ2) is 24.5. The zero-order chi connectivity index (χ0) is 26.3. The molecule has 3 atom stereocenters. The maximum atomic E-state index is 12.6. The van der Waals surface area contributed by atoms with E-state index in [0.29, 0.717) is 17.2 Å². The maximum absolute atomic E-state index is 12.6. The van der Waals surface area contributed by atoms with Gasteiger partial charge >= 0.3 is 0 Å². The smallest absolute Gasteiger partial charge is 0.253 e. The van der Waals surface area contributed by atoms with Crippen molar-refractivity contribution in [2.24, 2.45) is 0 Å². The molecular weight excluding hydrogens is 517 g/mol. The quantitative estimate of drug-likeness (QED) is 0.0647. The van der Waals surface area contributed by atoms with Crippen molar-refractivity contribution in [3.8, 4) is 0 Å². The molecule has 0 aliphatic heterocycles. The van der Waals surface area contributed by atoms with Crippen molar-refractivity contribution in [2.75, 3.05) is 18.5 Å². The molecule has 0 saturated heterocycles. The van der Waals surface area contributed by atoms with Crippen LogP contribution in [-0.2, 0) is 0 Å². The third-order valence-corrected chi connectivity index (χ3v) is 11.1. The van der Waals surface area contributed by atoms with Crippen LogP contribution in [0.3, 0.4) is 0 Å². The van der Waals surface area contributed by atoms with Gasteiger partial charge in [-0.2, -0.15) is 0 Å². The molecule has 0 saturated carbocycles. The summed E-state index contributed by atoms with van der Waals surface area (Å²) >= 11 is 6.22. The van der Waals surface area contributed by atoms with E-state index in [9.17, 15) is 4.79 Å². The Hall–Kier alpha value is 0.470. The van der Waals surface area contributed by atoms with Gasteiger partial charge in [0, 0.05) is 5.56 Å². The Balaban J connectivity index is 2.75. The van der Waals surface area contributed by atoms with Crippen LogP contribution in [0.5, 0.6) is 0 Å². The molecule has 0 amide bonds. The van der Waals surface area contributed by atoms with Crippen LogP contribution in [0.15, 0.2) is 12.1 Å². The lowest BCUT2D eigenvalue weighted by atomic mass is 10.1. The molecule has 0 radical (unpaired) electrons. The number of benzene rings is 1. The third kappa shape index (κ3) is 17.1. The molecule has 0 N–H and O–H groups in total. The van der Waals surface area contributed by atoms with Gasteiger partial charge in [-0.05, 0) is 77.4 Å². The van der Waals surface area contributed by atoms with Gasteiger partial charge in [-0.25, -0.2) is 0 Å². The largest absolute Gasteiger partial charge is 0.276 e. The van der Waals surface area contributed by atoms with Gasteiger partial charge in [0.05, 0.1) is 0 Å². The van der Waals surface area contributed by atoms with Crippen molar-refractivity contribution < 1.29 is 4.79 Å². The average molecular weight is 573 g/mol. The van der Waals surface area contributed by atoms with Crippen LogP contribution >= 0.6 is 37.3 Å². The van der Waals surface area contributed by atoms with E-state index >= 15 is 0 Å². The number of carbonyl (C=O) groups is 1. The molecule has 1 rings (SSSR count). The maximum Gasteiger partial charge on any atom is 0.253 e. The molecule has 5 heteroatoms. The molecule has 1 aromatic rings. The molecule has 208 valence electrons. The first-order valence-electron chi connectivity index (χ1n) is 15.2. The van der Waals surface area contributed by atoms with Crippen LogP contribution in [0.4, 0.5) is 0 Å². The zero-order valence-corrected chi connectivity index (χ0v) is 27.5. The third-order valence-electron chi connectivity index (χ3n) is 6.89. The SMILES string of the molecule is CCCCCCCCPc1cc(PCCCCCCCC)c(C(=O)Cl)c(PCCCCCCCC)c1. The van der Waals surface area contributed by atoms with E-state index in [-0.39, 0.29) is 5.24 Å². The van der Waals surface area contributed by atoms with Crippen LogP contribution in [0.1, 0.15) is 147 Å². The van der Waals surface area contributed by atoms with Crippen molar-refractivity contribution in [1.29, 1.82) is 0 Å². The van der Waals surface area contributed by atoms with Gasteiger partial charge < -0.3 is 0 Å². The molecule has 0 aromatic heterocycles. The van der Waals surface area contributed by atoms with Crippen molar-refractivity contribution >= 4 is 58.5 Å². The lowest BCUT2D eigenvalue weighted by Gasteiger charge is -2.16. The number of rotatable bonds is 25. The first-order valence-corrected chi connectivity index (χ1v) is 19.2. The van der Waals surface area contributed by atoms with E-state index in [2.05, 4.69) is 32.9 Å². The molecule has 0 heterocycles. The summed E-state index contributed by atoms with van der Waals surface area (Å²) in [6.07, 6.45) is 27.8. The Kier molecular flexibility index (Phi) is 23.5. The first kappa shape index (κ1) is 34.5. The summed E-state index contributed by atoms with van der Waals surface area (Å²) in [6, 6.07) is 4.72. The van der Waals surface area contributed by atoms with Gasteiger partial charge in [-0.3, -0.25) is 4.79 Å². The monoisotopic (exact) mass is 572 g/mol. The van der Waals surface area contributed by atoms with Gasteiger partial charge in [0.15, 0.2) is 0 Å². The average Bonchev–Trinajstić information content (AvgIpc) is 2.86. The van der Waals surface area contributed by atoms with Crippen LogP contribution in [0.25, 0.3) is 0 Å². The predicted molar refractivity (Wildman–Crippen MR) is 175 cm³/mol. The molecular formula is C31H56ClOP3. The van der Waals surface area contributed by atoms with E-state index in [4.69, 9.17) is 11.6 Å². The number of hydrogen-bond acceptors (Lipinski definition) is 1. The van der Waals surface area contributed by atoms with Crippen molar-refractivity contribution in [2.45, 2.75) is 136 Å². The van der Waals surface area contributed by atoms with Gasteiger partial charge in [0.1, 0.15) is 0 Å². The molecule has 1 aromatic carbocycles. The lowest BCUT2D eigenvalue weighted by molar-refractivity contribution is 0.108. The summed E-state index contributed by atoms with van der Waals surface area (Å²) < 4.78 is 0. The van der Waals surface area contributed by atoms with E-state index in [1.165, 1.54) is 150 Å². The standard InChI is InChI=1S/C31H56ClOP3/c1-4-7-10-13-16-19-22-34-27-25-28(35-23-20-17-14-11-8-5-2)30(31(32)33)29(26-27)36-24-21-18-15-12-9-6-3/h25-26,34-36H,4-24H2,1-3H3. The van der Waals surface area contributed by atoms with Crippen molar-refractivity contribution in [3.63, 3.8) is 0 Å². The van der Waals surface area contributed by atoms with Gasteiger partial charge in [0.25, 0.3) is 5.24 Å². The van der Waals surface area contributed by atoms with E-state index < -0.39 is 0 Å². The minimum absolute atomic E-state index is 0.225. The van der Waals surface area contributed by atoms with E-state index in [1.807, 2.05) is 0 Å². The summed E-state index contributed by atoms with van der Waals surface area (Å²) in [6.45, 7) is 6.83. The normalized spacial score (nSPS) is 12.3. The minimum Gasteiger partial charge on any atom is -0.276 e. The molecule has 0 bridgehead atoms. The number of unbranched alkanes of at least 4 members (excludes halogenated alkanes) is 15. The Morgan fingerprint density at radius 2 is 0.889 bits per heavy atom. The number of halogens is 1. The summed E-state index contributed by atoms with van der Waals surface area (Å²) in [5.74, 6) is 0. The fourth-order valence-corrected chi connectivity index (χ4v) is 9.37. The van der Waals surface area contributed by atoms with E-state index in [0.717, 1.165) is 14.1 Å². The highest BCUT2D eigenvalue weighted by Crippen LogP contribution is 2.25. The zero-order valence-electron chi connectivity index (χ0n) is 23.8. The van der Waals surface area contributed by atoms with Gasteiger partial charge in [-0.1, -0.05) is 143 Å². The molecule has 36 heavy (non-hydrogen) atoms. The molecule has 1 nitrogen and oxygen atoms in total. The van der Waals surface area contributed by atoms with Crippen LogP contribution in [0, 0.1) is 0 Å². The fraction of sp³-hybridized carbons (Fsp3) is 0.774. The Morgan fingerprint density at radius 1 is 0.556 bits per heavy atom. The highest BCUT2D eigenvalue weighted by molar-refractivity contribution is 7.51. The highest BCUT2D eigenvalue weighted by atomic mass is 35.5. The molecule has 0 aliphatic rings. The Labute approximate surface area is 235 Å². The first-order chi connectivity index (χ1) is 17.6. The highest BCUT2D eigenvalue weighted by Gasteiger charge is 2.16. The second-order valence-electron chi connectivity index (χ2n) is 10.3. The number of carbonyl (C=O) groups excluding carboxylic acids is 1. The minimum atomic E-state index is -0.225. The van der Waals surface area contributed by atoms with Crippen LogP contribution < -0.4 is 15.9 Å². The second-order valence-corrected chi connectivity index (χ2v) is 14.9. The molecule has 0 spiro atoms. The fourth-order valence-electron chi connectivity index (χ4n) is 4.63. The lowest BCUT2D eigenvalue weighted by Crippen LogP contribution is -2.24. The predicted octanol–water partition coefficient (Wildman–Crippen LogP) is 10.1.